The Morgan fingerprint density at radius 3 is 2.50 bits per heavy atom. The van der Waals surface area contributed by atoms with Gasteiger partial charge in [0.25, 0.3) is 5.91 Å². The number of carbonyl (C=O) groups excluding carboxylic acids is 2. The van der Waals surface area contributed by atoms with Gasteiger partial charge in [0.15, 0.2) is 5.69 Å². The molecular weight excluding hydrogens is 260 g/mol. The average Bonchev–Trinajstić information content (AvgIpc) is 2.86. The minimum Gasteiger partial charge on any atom is -0.462 e. The minimum atomic E-state index is -0.391. The molecule has 7 heteroatoms. The first kappa shape index (κ1) is 13.7. The lowest BCUT2D eigenvalue weighted by Gasteiger charge is -2.05. The van der Waals surface area contributed by atoms with E-state index in [4.69, 9.17) is 4.74 Å². The second-order valence-corrected chi connectivity index (χ2v) is 4.01. The molecule has 2 aromatic rings. The highest BCUT2D eigenvalue weighted by Gasteiger charge is 2.13. The maximum Gasteiger partial charge on any atom is 0.338 e. The van der Waals surface area contributed by atoms with Crippen LogP contribution in [0.15, 0.2) is 24.3 Å². The van der Waals surface area contributed by atoms with Crippen molar-refractivity contribution in [3.63, 3.8) is 0 Å². The Balaban J connectivity index is 2.06. The molecule has 2 N–H and O–H groups in total. The van der Waals surface area contributed by atoms with Crippen LogP contribution >= 0.6 is 0 Å². The molecule has 0 saturated carbocycles. The van der Waals surface area contributed by atoms with E-state index in [2.05, 4.69) is 20.7 Å². The fraction of sp³-hybridized carbons (Fsp3) is 0.231. The van der Waals surface area contributed by atoms with Crippen molar-refractivity contribution in [1.29, 1.82) is 0 Å². The van der Waals surface area contributed by atoms with E-state index in [0.717, 1.165) is 0 Å². The topological polar surface area (TPSA) is 97.0 Å². The normalized spacial score (nSPS) is 10.1. The second kappa shape index (κ2) is 5.96. The number of nitrogens with zero attached hydrogens (tertiary/aromatic N) is 2. The molecule has 0 unspecified atom stereocenters. The Bertz CT molecular complexity index is 619. The fourth-order valence-electron chi connectivity index (χ4n) is 1.59. The van der Waals surface area contributed by atoms with Gasteiger partial charge in [-0.15, -0.1) is 0 Å². The number of rotatable bonds is 4. The molecule has 0 aliphatic heterocycles. The molecule has 0 bridgehead atoms. The molecule has 1 aromatic heterocycles. The first-order chi connectivity index (χ1) is 9.61. The van der Waals surface area contributed by atoms with Crippen molar-refractivity contribution >= 4 is 17.6 Å². The molecule has 0 aliphatic rings. The van der Waals surface area contributed by atoms with Crippen molar-refractivity contribution in [2.24, 2.45) is 0 Å². The molecule has 0 saturated heterocycles. The zero-order valence-electron chi connectivity index (χ0n) is 11.1. The van der Waals surface area contributed by atoms with Crippen molar-refractivity contribution in [3.8, 4) is 0 Å². The largest absolute Gasteiger partial charge is 0.462 e. The molecule has 1 amide bonds. The first-order valence-electron chi connectivity index (χ1n) is 6.07. The minimum absolute atomic E-state index is 0.236. The molecule has 20 heavy (non-hydrogen) atoms. The molecule has 1 aromatic carbocycles. The number of amides is 1. The number of H-pyrrole nitrogens is 1. The highest BCUT2D eigenvalue weighted by molar-refractivity contribution is 6.03. The third kappa shape index (κ3) is 3.00. The molecule has 1 heterocycles. The Labute approximate surface area is 115 Å². The van der Waals surface area contributed by atoms with Gasteiger partial charge >= 0.3 is 5.97 Å². The smallest absolute Gasteiger partial charge is 0.338 e. The van der Waals surface area contributed by atoms with Crippen molar-refractivity contribution in [2.45, 2.75) is 13.8 Å². The number of esters is 1. The van der Waals surface area contributed by atoms with Crippen LogP contribution in [-0.4, -0.2) is 33.9 Å². The summed E-state index contributed by atoms with van der Waals surface area (Å²) in [6.45, 7) is 3.75. The van der Waals surface area contributed by atoms with E-state index >= 15 is 0 Å². The van der Waals surface area contributed by atoms with Gasteiger partial charge in [-0.1, -0.05) is 0 Å². The molecule has 0 atom stereocenters. The van der Waals surface area contributed by atoms with Crippen LogP contribution in [-0.2, 0) is 4.74 Å². The summed E-state index contributed by atoms with van der Waals surface area (Å²) in [6, 6.07) is 6.42. The first-order valence-corrected chi connectivity index (χ1v) is 6.07. The van der Waals surface area contributed by atoms with Crippen molar-refractivity contribution < 1.29 is 14.3 Å². The van der Waals surface area contributed by atoms with Gasteiger partial charge < -0.3 is 10.1 Å². The highest BCUT2D eigenvalue weighted by Crippen LogP contribution is 2.12. The van der Waals surface area contributed by atoms with Gasteiger partial charge in [-0.3, -0.25) is 4.79 Å². The molecule has 0 fully saturated rings. The van der Waals surface area contributed by atoms with E-state index in [1.807, 2.05) is 0 Å². The predicted molar refractivity (Wildman–Crippen MR) is 71.5 cm³/mol. The summed E-state index contributed by atoms with van der Waals surface area (Å²) in [4.78, 5) is 23.4. The van der Waals surface area contributed by atoms with Crippen LogP contribution in [0, 0.1) is 6.92 Å². The summed E-state index contributed by atoms with van der Waals surface area (Å²) in [5.41, 5.74) is 1.75. The average molecular weight is 274 g/mol. The Hall–Kier alpha value is -2.70. The highest BCUT2D eigenvalue weighted by atomic mass is 16.5. The number of hydrogen-bond acceptors (Lipinski definition) is 5. The van der Waals surface area contributed by atoms with Gasteiger partial charge in [0, 0.05) is 5.69 Å². The molecule has 2 rings (SSSR count). The lowest BCUT2D eigenvalue weighted by Crippen LogP contribution is -2.14. The third-order valence-electron chi connectivity index (χ3n) is 2.59. The molecule has 104 valence electrons. The Kier molecular flexibility index (Phi) is 4.09. The maximum atomic E-state index is 11.9. The SMILES string of the molecule is CCOC(=O)c1ccc(NC(=O)c2n[nH]nc2C)cc1. The zero-order chi connectivity index (χ0) is 14.5. The number of ether oxygens (including phenoxy) is 1. The van der Waals surface area contributed by atoms with E-state index in [-0.39, 0.29) is 11.6 Å². The van der Waals surface area contributed by atoms with Gasteiger partial charge in [0.1, 0.15) is 0 Å². The number of aryl methyl sites for hydroxylation is 1. The lowest BCUT2D eigenvalue weighted by molar-refractivity contribution is 0.0526. The van der Waals surface area contributed by atoms with Crippen LogP contribution in [0.3, 0.4) is 0 Å². The molecule has 0 aliphatic carbocycles. The van der Waals surface area contributed by atoms with Crippen molar-refractivity contribution in [2.75, 3.05) is 11.9 Å². The summed E-state index contributed by atoms with van der Waals surface area (Å²) < 4.78 is 4.87. The number of aromatic amines is 1. The van der Waals surface area contributed by atoms with E-state index in [0.29, 0.717) is 23.6 Å². The molecular formula is C13H14N4O3. The third-order valence-corrected chi connectivity index (χ3v) is 2.59. The number of anilines is 1. The quantitative estimate of drug-likeness (QED) is 0.824. The number of nitrogens with one attached hydrogen (secondary N) is 2. The van der Waals surface area contributed by atoms with Crippen LogP contribution in [0.1, 0.15) is 33.5 Å². The van der Waals surface area contributed by atoms with Crippen LogP contribution in [0.25, 0.3) is 0 Å². The second-order valence-electron chi connectivity index (χ2n) is 4.01. The van der Waals surface area contributed by atoms with Crippen LogP contribution < -0.4 is 5.32 Å². The van der Waals surface area contributed by atoms with Gasteiger partial charge in [0.2, 0.25) is 0 Å². The monoisotopic (exact) mass is 274 g/mol. The summed E-state index contributed by atoms with van der Waals surface area (Å²) in [5.74, 6) is -0.752. The van der Waals surface area contributed by atoms with Crippen molar-refractivity contribution in [1.82, 2.24) is 15.4 Å². The standard InChI is InChI=1S/C13H14N4O3/c1-3-20-13(19)9-4-6-10(7-5-9)14-12(18)11-8(2)15-17-16-11/h4-7H,3H2,1-2H3,(H,14,18)(H,15,16,17). The van der Waals surface area contributed by atoms with Crippen LogP contribution in [0.4, 0.5) is 5.69 Å². The molecule has 7 nitrogen and oxygen atoms in total. The fourth-order valence-corrected chi connectivity index (χ4v) is 1.59. The van der Waals surface area contributed by atoms with Crippen LogP contribution in [0.5, 0.6) is 0 Å². The van der Waals surface area contributed by atoms with Crippen molar-refractivity contribution in [3.05, 3.63) is 41.2 Å². The summed E-state index contributed by atoms with van der Waals surface area (Å²) in [7, 11) is 0. The lowest BCUT2D eigenvalue weighted by atomic mass is 10.2. The van der Waals surface area contributed by atoms with Gasteiger partial charge in [-0.2, -0.15) is 15.4 Å². The number of aromatic nitrogens is 3. The van der Waals surface area contributed by atoms with E-state index in [1.165, 1.54) is 0 Å². The Morgan fingerprint density at radius 2 is 1.95 bits per heavy atom. The van der Waals surface area contributed by atoms with E-state index in [1.54, 1.807) is 38.1 Å². The predicted octanol–water partition coefficient (Wildman–Crippen LogP) is 1.54. The molecule has 0 spiro atoms. The summed E-state index contributed by atoms with van der Waals surface area (Å²) in [5, 5.41) is 12.6. The molecule has 0 radical (unpaired) electrons. The number of carbonyl (C=O) groups is 2. The summed E-state index contributed by atoms with van der Waals surface area (Å²) in [6.07, 6.45) is 0. The summed E-state index contributed by atoms with van der Waals surface area (Å²) >= 11 is 0. The maximum absolute atomic E-state index is 11.9. The number of benzene rings is 1. The number of hydrogen-bond donors (Lipinski definition) is 2. The van der Waals surface area contributed by atoms with Gasteiger partial charge in [-0.05, 0) is 38.1 Å². The zero-order valence-corrected chi connectivity index (χ0v) is 11.1. The van der Waals surface area contributed by atoms with E-state index < -0.39 is 5.97 Å². The van der Waals surface area contributed by atoms with Gasteiger partial charge in [-0.25, -0.2) is 4.79 Å². The van der Waals surface area contributed by atoms with Crippen LogP contribution in [0.2, 0.25) is 0 Å². The Morgan fingerprint density at radius 1 is 1.25 bits per heavy atom. The van der Waals surface area contributed by atoms with E-state index in [9.17, 15) is 9.59 Å². The van der Waals surface area contributed by atoms with Gasteiger partial charge in [0.05, 0.1) is 17.9 Å².